The quantitative estimate of drug-likeness (QED) is 0.627. The Morgan fingerprint density at radius 3 is 2.71 bits per heavy atom. The second-order valence-corrected chi connectivity index (χ2v) is 4.06. The van der Waals surface area contributed by atoms with Crippen molar-refractivity contribution in [1.82, 2.24) is 10.2 Å². The Bertz CT molecular complexity index is 179. The van der Waals surface area contributed by atoms with Gasteiger partial charge in [0.2, 0.25) is 0 Å². The standard InChI is InChI=1S/C10H20N2O2/c1-9(6-10(14)8-13)7-12-4-2-11-3-5-12/h9,11,13H,2-8H2,1H3. The number of piperazine rings is 1. The van der Waals surface area contributed by atoms with Crippen molar-refractivity contribution < 1.29 is 9.90 Å². The van der Waals surface area contributed by atoms with Gasteiger partial charge >= 0.3 is 0 Å². The highest BCUT2D eigenvalue weighted by Gasteiger charge is 2.14. The molecular weight excluding hydrogens is 180 g/mol. The van der Waals surface area contributed by atoms with Crippen LogP contribution >= 0.6 is 0 Å². The van der Waals surface area contributed by atoms with Gasteiger partial charge in [-0.05, 0) is 5.92 Å². The first-order valence-electron chi connectivity index (χ1n) is 5.28. The number of carbonyl (C=O) groups excluding carboxylic acids is 1. The van der Waals surface area contributed by atoms with Crippen LogP contribution in [0.1, 0.15) is 13.3 Å². The number of nitrogens with zero attached hydrogens (tertiary/aromatic N) is 1. The summed E-state index contributed by atoms with van der Waals surface area (Å²) in [7, 11) is 0. The largest absolute Gasteiger partial charge is 0.389 e. The molecule has 1 saturated heterocycles. The van der Waals surface area contributed by atoms with Gasteiger partial charge < -0.3 is 15.3 Å². The van der Waals surface area contributed by atoms with E-state index in [0.29, 0.717) is 12.3 Å². The molecule has 1 heterocycles. The zero-order valence-electron chi connectivity index (χ0n) is 8.83. The molecular formula is C10H20N2O2. The van der Waals surface area contributed by atoms with Crippen LogP contribution in [0.2, 0.25) is 0 Å². The third-order valence-electron chi connectivity index (χ3n) is 2.53. The van der Waals surface area contributed by atoms with E-state index in [1.807, 2.05) is 0 Å². The third kappa shape index (κ3) is 4.17. The van der Waals surface area contributed by atoms with Gasteiger partial charge in [0.25, 0.3) is 0 Å². The third-order valence-corrected chi connectivity index (χ3v) is 2.53. The second-order valence-electron chi connectivity index (χ2n) is 4.06. The van der Waals surface area contributed by atoms with Crippen LogP contribution < -0.4 is 5.32 Å². The highest BCUT2D eigenvalue weighted by Crippen LogP contribution is 2.06. The average Bonchev–Trinajstić information content (AvgIpc) is 2.19. The molecule has 1 unspecified atom stereocenters. The molecule has 0 bridgehead atoms. The lowest BCUT2D eigenvalue weighted by Gasteiger charge is -2.29. The second kappa shape index (κ2) is 6.11. The SMILES string of the molecule is CC(CC(=O)CO)CN1CCNCC1. The van der Waals surface area contributed by atoms with Gasteiger partial charge in [-0.1, -0.05) is 6.92 Å². The maximum atomic E-state index is 11.0. The molecule has 0 spiro atoms. The first kappa shape index (κ1) is 11.6. The van der Waals surface area contributed by atoms with Crippen LogP contribution in [0.15, 0.2) is 0 Å². The van der Waals surface area contributed by atoms with Crippen LogP contribution in [-0.4, -0.2) is 55.1 Å². The number of aliphatic hydroxyl groups excluding tert-OH is 1. The Hall–Kier alpha value is -0.450. The highest BCUT2D eigenvalue weighted by molar-refractivity contribution is 5.79. The molecule has 14 heavy (non-hydrogen) atoms. The van der Waals surface area contributed by atoms with Gasteiger partial charge in [-0.15, -0.1) is 0 Å². The van der Waals surface area contributed by atoms with Crippen LogP contribution in [-0.2, 0) is 4.79 Å². The van der Waals surface area contributed by atoms with Gasteiger partial charge in [-0.2, -0.15) is 0 Å². The van der Waals surface area contributed by atoms with E-state index in [9.17, 15) is 4.79 Å². The minimum atomic E-state index is -0.314. The minimum Gasteiger partial charge on any atom is -0.389 e. The molecule has 0 radical (unpaired) electrons. The lowest BCUT2D eigenvalue weighted by atomic mass is 10.0. The van der Waals surface area contributed by atoms with Crippen molar-refractivity contribution in [2.45, 2.75) is 13.3 Å². The zero-order chi connectivity index (χ0) is 10.4. The normalized spacial score (nSPS) is 20.7. The lowest BCUT2D eigenvalue weighted by molar-refractivity contribution is -0.122. The predicted octanol–water partition coefficient (Wildman–Crippen LogP) is -0.521. The van der Waals surface area contributed by atoms with Crippen LogP contribution in [0.3, 0.4) is 0 Å². The van der Waals surface area contributed by atoms with E-state index < -0.39 is 0 Å². The Morgan fingerprint density at radius 1 is 1.50 bits per heavy atom. The van der Waals surface area contributed by atoms with Crippen LogP contribution in [0, 0.1) is 5.92 Å². The summed E-state index contributed by atoms with van der Waals surface area (Å²) in [6, 6.07) is 0. The first-order valence-corrected chi connectivity index (χ1v) is 5.28. The zero-order valence-corrected chi connectivity index (χ0v) is 8.83. The van der Waals surface area contributed by atoms with Gasteiger partial charge in [0.1, 0.15) is 6.61 Å². The number of Topliss-reactive ketones (excluding diaryl/α,β-unsaturated/α-hetero) is 1. The summed E-state index contributed by atoms with van der Waals surface area (Å²) in [5, 5.41) is 11.9. The van der Waals surface area contributed by atoms with Crippen molar-refractivity contribution in [3.63, 3.8) is 0 Å². The molecule has 4 nitrogen and oxygen atoms in total. The molecule has 2 N–H and O–H groups in total. The van der Waals surface area contributed by atoms with E-state index in [1.54, 1.807) is 0 Å². The van der Waals surface area contributed by atoms with E-state index in [-0.39, 0.29) is 12.4 Å². The number of aliphatic hydroxyl groups is 1. The fourth-order valence-corrected chi connectivity index (χ4v) is 1.85. The summed E-state index contributed by atoms with van der Waals surface area (Å²) >= 11 is 0. The van der Waals surface area contributed by atoms with Crippen molar-refractivity contribution in [3.05, 3.63) is 0 Å². The molecule has 1 atom stereocenters. The van der Waals surface area contributed by atoms with E-state index in [0.717, 1.165) is 32.7 Å². The molecule has 0 aliphatic carbocycles. The summed E-state index contributed by atoms with van der Waals surface area (Å²) in [4.78, 5) is 13.3. The first-order chi connectivity index (χ1) is 6.72. The summed E-state index contributed by atoms with van der Waals surface area (Å²) < 4.78 is 0. The summed E-state index contributed by atoms with van der Waals surface area (Å²) in [6.07, 6.45) is 0.500. The van der Waals surface area contributed by atoms with Gasteiger partial charge in [-0.25, -0.2) is 0 Å². The van der Waals surface area contributed by atoms with E-state index in [1.165, 1.54) is 0 Å². The number of hydrogen-bond acceptors (Lipinski definition) is 4. The number of nitrogens with one attached hydrogen (secondary N) is 1. The van der Waals surface area contributed by atoms with Crippen LogP contribution in [0.25, 0.3) is 0 Å². The molecule has 0 aromatic heterocycles. The molecule has 0 amide bonds. The number of rotatable bonds is 5. The van der Waals surface area contributed by atoms with E-state index in [4.69, 9.17) is 5.11 Å². The monoisotopic (exact) mass is 200 g/mol. The van der Waals surface area contributed by atoms with Gasteiger partial charge in [0, 0.05) is 39.1 Å². The van der Waals surface area contributed by atoms with Crippen LogP contribution in [0.5, 0.6) is 0 Å². The van der Waals surface area contributed by atoms with Crippen molar-refractivity contribution in [3.8, 4) is 0 Å². The fraction of sp³-hybridized carbons (Fsp3) is 0.900. The molecule has 1 aliphatic heterocycles. The molecule has 1 rings (SSSR count). The maximum Gasteiger partial charge on any atom is 0.158 e. The minimum absolute atomic E-state index is 0.0485. The van der Waals surface area contributed by atoms with Crippen LogP contribution in [0.4, 0.5) is 0 Å². The summed E-state index contributed by atoms with van der Waals surface area (Å²) in [6.45, 7) is 6.94. The molecule has 1 aliphatic rings. The van der Waals surface area contributed by atoms with Crippen molar-refractivity contribution in [1.29, 1.82) is 0 Å². The molecule has 0 saturated carbocycles. The molecule has 4 heteroatoms. The Labute approximate surface area is 85.3 Å². The molecule has 0 aromatic carbocycles. The van der Waals surface area contributed by atoms with Gasteiger partial charge in [-0.3, -0.25) is 4.79 Å². The Morgan fingerprint density at radius 2 is 2.14 bits per heavy atom. The van der Waals surface area contributed by atoms with E-state index in [2.05, 4.69) is 17.1 Å². The molecule has 0 aromatic rings. The van der Waals surface area contributed by atoms with Crippen molar-refractivity contribution in [2.75, 3.05) is 39.3 Å². The van der Waals surface area contributed by atoms with Crippen molar-refractivity contribution in [2.24, 2.45) is 5.92 Å². The van der Waals surface area contributed by atoms with Gasteiger partial charge in [0.15, 0.2) is 5.78 Å². The Kier molecular flexibility index (Phi) is 5.07. The number of carbonyl (C=O) groups is 1. The lowest BCUT2D eigenvalue weighted by Crippen LogP contribution is -2.45. The smallest absolute Gasteiger partial charge is 0.158 e. The van der Waals surface area contributed by atoms with Gasteiger partial charge in [0.05, 0.1) is 0 Å². The average molecular weight is 200 g/mol. The number of hydrogen-bond donors (Lipinski definition) is 2. The predicted molar refractivity (Wildman–Crippen MR) is 55.2 cm³/mol. The molecule has 1 fully saturated rings. The summed E-state index contributed by atoms with van der Waals surface area (Å²) in [5.41, 5.74) is 0. The molecule has 82 valence electrons. The van der Waals surface area contributed by atoms with E-state index >= 15 is 0 Å². The fourth-order valence-electron chi connectivity index (χ4n) is 1.85. The maximum absolute atomic E-state index is 11.0. The van der Waals surface area contributed by atoms with Crippen molar-refractivity contribution >= 4 is 5.78 Å². The highest BCUT2D eigenvalue weighted by atomic mass is 16.3. The number of ketones is 1. The topological polar surface area (TPSA) is 52.6 Å². The Balaban J connectivity index is 2.18. The summed E-state index contributed by atoms with van der Waals surface area (Å²) in [5.74, 6) is 0.306.